The van der Waals surface area contributed by atoms with Gasteiger partial charge in [-0.1, -0.05) is 0 Å². The molecule has 0 bridgehead atoms. The van der Waals surface area contributed by atoms with Crippen molar-refractivity contribution in [1.29, 1.82) is 0 Å². The molecule has 0 radical (unpaired) electrons. The molecule has 0 fully saturated rings. The van der Waals surface area contributed by atoms with Crippen LogP contribution >= 0.6 is 0 Å². The Labute approximate surface area is 155 Å². The lowest BCUT2D eigenvalue weighted by Crippen LogP contribution is -2.15. The van der Waals surface area contributed by atoms with Gasteiger partial charge in [0.05, 0.1) is 23.1 Å². The first-order valence-corrected chi connectivity index (χ1v) is 8.48. The van der Waals surface area contributed by atoms with Crippen LogP contribution in [0.1, 0.15) is 29.3 Å². The third-order valence-electron chi connectivity index (χ3n) is 4.11. The lowest BCUT2D eigenvalue weighted by molar-refractivity contribution is -0.116. The van der Waals surface area contributed by atoms with Crippen molar-refractivity contribution in [1.82, 2.24) is 9.97 Å². The monoisotopic (exact) mass is 371 g/mol. The number of amides is 1. The van der Waals surface area contributed by atoms with Gasteiger partial charge in [-0.15, -0.1) is 0 Å². The van der Waals surface area contributed by atoms with Crippen LogP contribution in [0.15, 0.2) is 34.9 Å². The summed E-state index contributed by atoms with van der Waals surface area (Å²) in [7, 11) is 0. The molecular weight excluding hydrogens is 352 g/mol. The molecule has 7 heteroatoms. The van der Waals surface area contributed by atoms with Crippen molar-refractivity contribution in [2.75, 3.05) is 5.32 Å². The van der Waals surface area contributed by atoms with E-state index in [-0.39, 0.29) is 30.1 Å². The molecule has 1 aromatic carbocycles. The molecule has 0 saturated heterocycles. The molecule has 1 N–H and O–H groups in total. The third-order valence-corrected chi connectivity index (χ3v) is 4.11. The summed E-state index contributed by atoms with van der Waals surface area (Å²) in [5, 5.41) is 2.86. The summed E-state index contributed by atoms with van der Waals surface area (Å²) in [5.74, 6) is -1.09. The number of benzene rings is 1. The molecule has 3 aromatic rings. The van der Waals surface area contributed by atoms with E-state index in [1.165, 1.54) is 12.3 Å². The molecule has 0 aliphatic heterocycles. The number of carbonyl (C=O) groups is 1. The van der Waals surface area contributed by atoms with Crippen molar-refractivity contribution in [2.24, 2.45) is 0 Å². The molecule has 0 aliphatic rings. The van der Waals surface area contributed by atoms with Crippen LogP contribution in [0.4, 0.5) is 14.5 Å². The standard InChI is InChI=1S/C20H19F2N3O2/c1-11-8-12(2)24-13(3)20(11)25-18(26)6-7-19-23-10-17(27-19)15-5-4-14(21)9-16(15)22/h4-5,8-10H,6-7H2,1-3H3,(H,25,26). The Morgan fingerprint density at radius 3 is 2.67 bits per heavy atom. The van der Waals surface area contributed by atoms with E-state index in [2.05, 4.69) is 15.3 Å². The van der Waals surface area contributed by atoms with Gasteiger partial charge in [-0.25, -0.2) is 13.8 Å². The summed E-state index contributed by atoms with van der Waals surface area (Å²) in [5.41, 5.74) is 3.41. The first-order valence-electron chi connectivity index (χ1n) is 8.48. The average Bonchev–Trinajstić information content (AvgIpc) is 3.05. The molecule has 0 aliphatic carbocycles. The topological polar surface area (TPSA) is 68.0 Å². The lowest BCUT2D eigenvalue weighted by atomic mass is 10.1. The number of nitrogens with one attached hydrogen (secondary N) is 1. The van der Waals surface area contributed by atoms with Crippen molar-refractivity contribution < 1.29 is 18.0 Å². The Hall–Kier alpha value is -3.09. The number of hydrogen-bond acceptors (Lipinski definition) is 4. The summed E-state index contributed by atoms with van der Waals surface area (Å²) in [6.45, 7) is 5.65. The lowest BCUT2D eigenvalue weighted by Gasteiger charge is -2.11. The SMILES string of the molecule is Cc1cc(C)c(NC(=O)CCc2ncc(-c3ccc(F)cc3F)o2)c(C)n1. The largest absolute Gasteiger partial charge is 0.441 e. The molecule has 0 saturated carbocycles. The molecular formula is C20H19F2N3O2. The van der Waals surface area contributed by atoms with E-state index in [9.17, 15) is 13.6 Å². The fourth-order valence-electron chi connectivity index (χ4n) is 2.87. The maximum Gasteiger partial charge on any atom is 0.224 e. The van der Waals surface area contributed by atoms with Gasteiger partial charge in [-0.2, -0.15) is 0 Å². The average molecular weight is 371 g/mol. The van der Waals surface area contributed by atoms with Crippen LogP contribution in [-0.2, 0) is 11.2 Å². The summed E-state index contributed by atoms with van der Waals surface area (Å²) in [4.78, 5) is 20.6. The molecule has 0 unspecified atom stereocenters. The number of anilines is 1. The summed E-state index contributed by atoms with van der Waals surface area (Å²) in [6, 6.07) is 5.12. The van der Waals surface area contributed by atoms with Gasteiger partial charge in [-0.05, 0) is 44.5 Å². The van der Waals surface area contributed by atoms with E-state index in [1.807, 2.05) is 26.8 Å². The summed E-state index contributed by atoms with van der Waals surface area (Å²) in [6.07, 6.45) is 1.77. The zero-order valence-electron chi connectivity index (χ0n) is 15.3. The minimum atomic E-state index is -0.728. The zero-order chi connectivity index (χ0) is 19.6. The van der Waals surface area contributed by atoms with Crippen molar-refractivity contribution in [3.05, 3.63) is 64.9 Å². The quantitative estimate of drug-likeness (QED) is 0.716. The Balaban J connectivity index is 1.64. The van der Waals surface area contributed by atoms with E-state index in [1.54, 1.807) is 0 Å². The highest BCUT2D eigenvalue weighted by atomic mass is 19.1. The number of aryl methyl sites for hydroxylation is 4. The highest BCUT2D eigenvalue weighted by Gasteiger charge is 2.14. The molecule has 2 heterocycles. The second-order valence-electron chi connectivity index (χ2n) is 6.33. The van der Waals surface area contributed by atoms with Gasteiger partial charge in [0.1, 0.15) is 11.6 Å². The van der Waals surface area contributed by atoms with Gasteiger partial charge in [-0.3, -0.25) is 9.78 Å². The van der Waals surface area contributed by atoms with Crippen molar-refractivity contribution in [3.63, 3.8) is 0 Å². The predicted octanol–water partition coefficient (Wildman–Crippen LogP) is 4.51. The summed E-state index contributed by atoms with van der Waals surface area (Å²) >= 11 is 0. The second-order valence-corrected chi connectivity index (χ2v) is 6.33. The normalized spacial score (nSPS) is 10.9. The molecule has 0 atom stereocenters. The van der Waals surface area contributed by atoms with Gasteiger partial charge < -0.3 is 9.73 Å². The Bertz CT molecular complexity index is 976. The Morgan fingerprint density at radius 2 is 1.96 bits per heavy atom. The highest BCUT2D eigenvalue weighted by molar-refractivity contribution is 5.92. The molecule has 140 valence electrons. The molecule has 1 amide bonds. The van der Waals surface area contributed by atoms with E-state index in [0.717, 1.165) is 29.1 Å². The number of aromatic nitrogens is 2. The third kappa shape index (κ3) is 4.36. The number of hydrogen-bond donors (Lipinski definition) is 1. The number of halogens is 2. The van der Waals surface area contributed by atoms with Crippen LogP contribution in [-0.4, -0.2) is 15.9 Å². The van der Waals surface area contributed by atoms with Crippen molar-refractivity contribution in [3.8, 4) is 11.3 Å². The smallest absolute Gasteiger partial charge is 0.224 e. The number of oxazole rings is 1. The number of rotatable bonds is 5. The maximum atomic E-state index is 13.8. The van der Waals surface area contributed by atoms with Crippen LogP contribution in [0.2, 0.25) is 0 Å². The van der Waals surface area contributed by atoms with Gasteiger partial charge in [0.25, 0.3) is 0 Å². The van der Waals surface area contributed by atoms with Crippen LogP contribution in [0, 0.1) is 32.4 Å². The fourth-order valence-corrected chi connectivity index (χ4v) is 2.87. The van der Waals surface area contributed by atoms with E-state index in [0.29, 0.717) is 11.6 Å². The molecule has 27 heavy (non-hydrogen) atoms. The van der Waals surface area contributed by atoms with Crippen molar-refractivity contribution in [2.45, 2.75) is 33.6 Å². The predicted molar refractivity (Wildman–Crippen MR) is 97.3 cm³/mol. The Kier molecular flexibility index (Phi) is 5.30. The molecule has 3 rings (SSSR count). The first-order chi connectivity index (χ1) is 12.8. The first kappa shape index (κ1) is 18.7. The number of pyridine rings is 1. The van der Waals surface area contributed by atoms with Crippen LogP contribution in [0.3, 0.4) is 0 Å². The van der Waals surface area contributed by atoms with Gasteiger partial charge in [0.2, 0.25) is 5.91 Å². The van der Waals surface area contributed by atoms with E-state index in [4.69, 9.17) is 4.42 Å². The van der Waals surface area contributed by atoms with E-state index < -0.39 is 11.6 Å². The highest BCUT2D eigenvalue weighted by Crippen LogP contribution is 2.25. The van der Waals surface area contributed by atoms with Crippen LogP contribution in [0.5, 0.6) is 0 Å². The van der Waals surface area contributed by atoms with Gasteiger partial charge >= 0.3 is 0 Å². The number of carbonyl (C=O) groups excluding carboxylic acids is 1. The fraction of sp³-hybridized carbons (Fsp3) is 0.250. The minimum Gasteiger partial charge on any atom is -0.441 e. The second kappa shape index (κ2) is 7.65. The maximum absolute atomic E-state index is 13.8. The minimum absolute atomic E-state index is 0.122. The molecule has 0 spiro atoms. The van der Waals surface area contributed by atoms with E-state index >= 15 is 0 Å². The zero-order valence-corrected chi connectivity index (χ0v) is 15.3. The number of nitrogens with zero attached hydrogens (tertiary/aromatic N) is 2. The summed E-state index contributed by atoms with van der Waals surface area (Å²) < 4.78 is 32.3. The van der Waals surface area contributed by atoms with Crippen molar-refractivity contribution >= 4 is 11.6 Å². The Morgan fingerprint density at radius 1 is 1.19 bits per heavy atom. The molecule has 2 aromatic heterocycles. The van der Waals surface area contributed by atoms with Crippen LogP contribution < -0.4 is 5.32 Å². The van der Waals surface area contributed by atoms with Gasteiger partial charge in [0, 0.05) is 24.6 Å². The van der Waals surface area contributed by atoms with Crippen LogP contribution in [0.25, 0.3) is 11.3 Å². The molecule has 5 nitrogen and oxygen atoms in total. The van der Waals surface area contributed by atoms with Gasteiger partial charge in [0.15, 0.2) is 11.7 Å².